The van der Waals surface area contributed by atoms with Gasteiger partial charge in [-0.15, -0.1) is 0 Å². The van der Waals surface area contributed by atoms with Crippen molar-refractivity contribution >= 4 is 11.7 Å². The lowest BCUT2D eigenvalue weighted by Crippen LogP contribution is -2.30. The van der Waals surface area contributed by atoms with Crippen LogP contribution in [0.4, 0.5) is 10.5 Å². The second-order valence-corrected chi connectivity index (χ2v) is 6.10. The number of para-hydroxylation sites is 1. The molecule has 0 atom stereocenters. The van der Waals surface area contributed by atoms with Gasteiger partial charge < -0.3 is 10.6 Å². The van der Waals surface area contributed by atoms with E-state index < -0.39 is 0 Å². The zero-order chi connectivity index (χ0) is 16.4. The topological polar surface area (TPSA) is 91.8 Å². The predicted molar refractivity (Wildman–Crippen MR) is 87.5 cm³/mol. The number of nitrogens with zero attached hydrogens (tertiary/aromatic N) is 2. The van der Waals surface area contributed by atoms with Crippen molar-refractivity contribution in [2.75, 3.05) is 5.32 Å². The molecule has 0 radical (unpaired) electrons. The zero-order valence-corrected chi connectivity index (χ0v) is 13.3. The standard InChI is InChI=1S/C16H21N5O2/c1-10(2)12-5-3-4-6-13(12)18-15(22)17-9-14-19-20-16(23)21(14)11-7-8-11/h3-6,10-11H,7-9H2,1-2H3,(H,20,23)(H2,17,18,22). The number of aromatic nitrogens is 3. The number of urea groups is 1. The van der Waals surface area contributed by atoms with E-state index in [1.54, 1.807) is 4.57 Å². The fourth-order valence-electron chi connectivity index (χ4n) is 2.61. The Labute approximate surface area is 134 Å². The summed E-state index contributed by atoms with van der Waals surface area (Å²) in [5.41, 5.74) is 1.66. The number of carbonyl (C=O) groups is 1. The zero-order valence-electron chi connectivity index (χ0n) is 13.3. The van der Waals surface area contributed by atoms with Crippen molar-refractivity contribution in [3.8, 4) is 0 Å². The van der Waals surface area contributed by atoms with E-state index in [2.05, 4.69) is 34.7 Å². The molecule has 0 saturated heterocycles. The smallest absolute Gasteiger partial charge is 0.331 e. The third-order valence-electron chi connectivity index (χ3n) is 3.93. The molecule has 0 aliphatic heterocycles. The Balaban J connectivity index is 1.64. The Morgan fingerprint density at radius 3 is 2.83 bits per heavy atom. The maximum atomic E-state index is 12.1. The summed E-state index contributed by atoms with van der Waals surface area (Å²) in [6, 6.07) is 7.64. The number of carbonyl (C=O) groups excluding carboxylic acids is 1. The minimum atomic E-state index is -0.309. The van der Waals surface area contributed by atoms with Crippen LogP contribution in [0.3, 0.4) is 0 Å². The van der Waals surface area contributed by atoms with Gasteiger partial charge in [0.1, 0.15) is 0 Å². The predicted octanol–water partition coefficient (Wildman–Crippen LogP) is 2.35. The van der Waals surface area contributed by atoms with Crippen molar-refractivity contribution in [2.24, 2.45) is 0 Å². The van der Waals surface area contributed by atoms with Crippen LogP contribution in [0.1, 0.15) is 50.0 Å². The lowest BCUT2D eigenvalue weighted by atomic mass is 10.0. The van der Waals surface area contributed by atoms with Crippen LogP contribution >= 0.6 is 0 Å². The van der Waals surface area contributed by atoms with Gasteiger partial charge in [-0.3, -0.25) is 4.57 Å². The molecule has 122 valence electrons. The number of hydrogen-bond donors (Lipinski definition) is 3. The first-order valence-electron chi connectivity index (χ1n) is 7.86. The third-order valence-corrected chi connectivity index (χ3v) is 3.93. The summed E-state index contributed by atoms with van der Waals surface area (Å²) in [5.74, 6) is 0.877. The lowest BCUT2D eigenvalue weighted by molar-refractivity contribution is 0.251. The number of aromatic amines is 1. The molecule has 1 heterocycles. The summed E-state index contributed by atoms with van der Waals surface area (Å²) in [5, 5.41) is 12.0. The third kappa shape index (κ3) is 3.44. The summed E-state index contributed by atoms with van der Waals surface area (Å²) >= 11 is 0. The quantitative estimate of drug-likeness (QED) is 0.791. The molecule has 7 heteroatoms. The van der Waals surface area contributed by atoms with Crippen LogP contribution in [-0.2, 0) is 6.54 Å². The fraction of sp³-hybridized carbons (Fsp3) is 0.438. The first kappa shape index (κ1) is 15.3. The van der Waals surface area contributed by atoms with Crippen LogP contribution in [0.5, 0.6) is 0 Å². The first-order chi connectivity index (χ1) is 11.1. The number of benzene rings is 1. The molecule has 1 aliphatic rings. The van der Waals surface area contributed by atoms with Gasteiger partial charge in [0.2, 0.25) is 0 Å². The molecule has 1 fully saturated rings. The molecule has 1 aliphatic carbocycles. The maximum absolute atomic E-state index is 12.1. The van der Waals surface area contributed by atoms with Crippen LogP contribution < -0.4 is 16.3 Å². The summed E-state index contributed by atoms with van der Waals surface area (Å²) < 4.78 is 1.63. The van der Waals surface area contributed by atoms with Gasteiger partial charge in [0.25, 0.3) is 0 Å². The number of H-pyrrole nitrogens is 1. The van der Waals surface area contributed by atoms with Crippen molar-refractivity contribution < 1.29 is 4.79 Å². The van der Waals surface area contributed by atoms with E-state index in [9.17, 15) is 9.59 Å². The van der Waals surface area contributed by atoms with Crippen molar-refractivity contribution in [1.29, 1.82) is 0 Å². The summed E-state index contributed by atoms with van der Waals surface area (Å²) in [6.45, 7) is 4.37. The Morgan fingerprint density at radius 2 is 2.13 bits per heavy atom. The van der Waals surface area contributed by atoms with Gasteiger partial charge in [-0.2, -0.15) is 5.10 Å². The van der Waals surface area contributed by atoms with E-state index in [1.165, 1.54) is 0 Å². The Kier molecular flexibility index (Phi) is 4.18. The van der Waals surface area contributed by atoms with E-state index in [4.69, 9.17) is 0 Å². The van der Waals surface area contributed by atoms with E-state index in [0.717, 1.165) is 24.1 Å². The molecule has 23 heavy (non-hydrogen) atoms. The largest absolute Gasteiger partial charge is 0.343 e. The normalized spacial score (nSPS) is 14.0. The Hall–Kier alpha value is -2.57. The number of anilines is 1. The van der Waals surface area contributed by atoms with Crippen molar-refractivity contribution in [1.82, 2.24) is 20.1 Å². The maximum Gasteiger partial charge on any atom is 0.343 e. The molecule has 2 aromatic rings. The minimum Gasteiger partial charge on any atom is -0.331 e. The van der Waals surface area contributed by atoms with Crippen LogP contribution in [-0.4, -0.2) is 20.8 Å². The minimum absolute atomic E-state index is 0.213. The molecule has 0 spiro atoms. The van der Waals surface area contributed by atoms with Crippen LogP contribution in [0.15, 0.2) is 29.1 Å². The average Bonchev–Trinajstić information content (AvgIpc) is 3.29. The highest BCUT2D eigenvalue weighted by Crippen LogP contribution is 2.34. The van der Waals surface area contributed by atoms with Crippen LogP contribution in [0.2, 0.25) is 0 Å². The highest BCUT2D eigenvalue weighted by atomic mass is 16.2. The molecule has 1 saturated carbocycles. The molecular formula is C16H21N5O2. The molecule has 3 rings (SSSR count). The van der Waals surface area contributed by atoms with Gasteiger partial charge in [-0.05, 0) is 30.4 Å². The van der Waals surface area contributed by atoms with Gasteiger partial charge in [0.15, 0.2) is 5.82 Å². The molecule has 0 unspecified atom stereocenters. The number of amides is 2. The van der Waals surface area contributed by atoms with Gasteiger partial charge >= 0.3 is 11.7 Å². The monoisotopic (exact) mass is 315 g/mol. The number of rotatable bonds is 5. The average molecular weight is 315 g/mol. The molecule has 3 N–H and O–H groups in total. The molecule has 7 nitrogen and oxygen atoms in total. The first-order valence-corrected chi connectivity index (χ1v) is 7.86. The van der Waals surface area contributed by atoms with E-state index in [1.807, 2.05) is 24.3 Å². The van der Waals surface area contributed by atoms with Gasteiger partial charge in [0.05, 0.1) is 6.54 Å². The van der Waals surface area contributed by atoms with E-state index in [0.29, 0.717) is 11.7 Å². The second-order valence-electron chi connectivity index (χ2n) is 6.10. The summed E-state index contributed by atoms with van der Waals surface area (Å²) in [7, 11) is 0. The highest BCUT2D eigenvalue weighted by molar-refractivity contribution is 5.90. The highest BCUT2D eigenvalue weighted by Gasteiger charge is 2.28. The van der Waals surface area contributed by atoms with Crippen molar-refractivity contribution in [3.63, 3.8) is 0 Å². The summed E-state index contributed by atoms with van der Waals surface area (Å²) in [4.78, 5) is 23.8. The number of nitrogens with one attached hydrogen (secondary N) is 3. The van der Waals surface area contributed by atoms with Crippen molar-refractivity contribution in [3.05, 3.63) is 46.1 Å². The lowest BCUT2D eigenvalue weighted by Gasteiger charge is -2.14. The Bertz CT molecular complexity index is 758. The van der Waals surface area contributed by atoms with Gasteiger partial charge in [-0.25, -0.2) is 14.7 Å². The fourth-order valence-corrected chi connectivity index (χ4v) is 2.61. The molecule has 1 aromatic carbocycles. The van der Waals surface area contributed by atoms with E-state index >= 15 is 0 Å². The van der Waals surface area contributed by atoms with Crippen LogP contribution in [0, 0.1) is 0 Å². The van der Waals surface area contributed by atoms with E-state index in [-0.39, 0.29) is 24.3 Å². The number of hydrogen-bond acceptors (Lipinski definition) is 3. The van der Waals surface area contributed by atoms with Gasteiger partial charge in [0, 0.05) is 11.7 Å². The molecule has 0 bridgehead atoms. The Morgan fingerprint density at radius 1 is 1.39 bits per heavy atom. The van der Waals surface area contributed by atoms with Crippen molar-refractivity contribution in [2.45, 2.75) is 45.2 Å². The van der Waals surface area contributed by atoms with Gasteiger partial charge in [-0.1, -0.05) is 32.0 Å². The van der Waals surface area contributed by atoms with Crippen LogP contribution in [0.25, 0.3) is 0 Å². The molecular weight excluding hydrogens is 294 g/mol. The molecule has 1 aromatic heterocycles. The second kappa shape index (κ2) is 6.28. The molecule has 2 amide bonds. The SMILES string of the molecule is CC(C)c1ccccc1NC(=O)NCc1n[nH]c(=O)n1C1CC1. The summed E-state index contributed by atoms with van der Waals surface area (Å²) in [6.07, 6.45) is 1.97.